The number of ether oxygens (including phenoxy) is 1. The van der Waals surface area contributed by atoms with E-state index in [9.17, 15) is 13.2 Å². The first-order valence-electron chi connectivity index (χ1n) is 10.4. The standard InChI is InChI=1S/C23H21ClN4O4S/c1-3-19(29)27-8-9-28-14(11-27)12-32-22-20-17(25-13-26-23(20)28)10-16(21(22)24)15-6-4-5-7-18(15)33(2,30)31/h3-7,10,13-14H,1,8-9,11-12H2,2H3/t14-/m0/s1. The minimum Gasteiger partial charge on any atom is -0.489 e. The van der Waals surface area contributed by atoms with E-state index in [1.165, 1.54) is 18.7 Å². The Hall–Kier alpha value is -3.17. The fourth-order valence-corrected chi connectivity index (χ4v) is 5.70. The number of nitrogens with zero attached hydrogens (tertiary/aromatic N) is 4. The SMILES string of the molecule is C=CC(=O)N1CCN2c3ncnc4cc(-c5ccccc5S(C)(=O)=O)c(Cl)c(c34)OC[C@@H]2C1. The Kier molecular flexibility index (Phi) is 5.25. The zero-order valence-corrected chi connectivity index (χ0v) is 19.4. The number of benzene rings is 2. The first kappa shape index (κ1) is 21.7. The molecule has 1 aromatic heterocycles. The predicted octanol–water partition coefficient (Wildman–Crippen LogP) is 2.95. The fourth-order valence-electron chi connectivity index (χ4n) is 4.50. The van der Waals surface area contributed by atoms with Gasteiger partial charge in [0.1, 0.15) is 18.8 Å². The van der Waals surface area contributed by atoms with Crippen molar-refractivity contribution in [1.29, 1.82) is 0 Å². The summed E-state index contributed by atoms with van der Waals surface area (Å²) in [4.78, 5) is 25.2. The van der Waals surface area contributed by atoms with Gasteiger partial charge in [0.15, 0.2) is 15.6 Å². The van der Waals surface area contributed by atoms with Crippen LogP contribution < -0.4 is 9.64 Å². The Labute approximate surface area is 196 Å². The molecule has 2 aromatic carbocycles. The van der Waals surface area contributed by atoms with E-state index in [1.54, 1.807) is 35.2 Å². The van der Waals surface area contributed by atoms with Gasteiger partial charge in [-0.15, -0.1) is 0 Å². The van der Waals surface area contributed by atoms with Crippen molar-refractivity contribution in [3.63, 3.8) is 0 Å². The van der Waals surface area contributed by atoms with Crippen molar-refractivity contribution >= 4 is 44.1 Å². The highest BCUT2D eigenvalue weighted by atomic mass is 35.5. The number of piperazine rings is 1. The van der Waals surface area contributed by atoms with Crippen molar-refractivity contribution in [1.82, 2.24) is 14.9 Å². The third-order valence-corrected chi connectivity index (χ3v) is 7.57. The van der Waals surface area contributed by atoms with Crippen LogP contribution in [0.25, 0.3) is 22.0 Å². The lowest BCUT2D eigenvalue weighted by Crippen LogP contribution is -2.56. The van der Waals surface area contributed by atoms with E-state index in [4.69, 9.17) is 16.3 Å². The average molecular weight is 485 g/mol. The summed E-state index contributed by atoms with van der Waals surface area (Å²) in [6, 6.07) is 8.36. The molecule has 1 atom stereocenters. The number of anilines is 1. The number of halogens is 1. The quantitative estimate of drug-likeness (QED) is 0.527. The molecule has 0 N–H and O–H groups in total. The van der Waals surface area contributed by atoms with Crippen LogP contribution in [0.5, 0.6) is 5.75 Å². The molecule has 170 valence electrons. The molecule has 2 aliphatic heterocycles. The number of aromatic nitrogens is 2. The lowest BCUT2D eigenvalue weighted by atomic mass is 10.0. The van der Waals surface area contributed by atoms with Gasteiger partial charge in [-0.25, -0.2) is 18.4 Å². The van der Waals surface area contributed by atoms with Crippen molar-refractivity contribution in [3.8, 4) is 16.9 Å². The molecule has 8 nitrogen and oxygen atoms in total. The third kappa shape index (κ3) is 3.61. The van der Waals surface area contributed by atoms with Crippen molar-refractivity contribution in [2.75, 3.05) is 37.4 Å². The van der Waals surface area contributed by atoms with E-state index in [-0.39, 0.29) is 23.5 Å². The summed E-state index contributed by atoms with van der Waals surface area (Å²) >= 11 is 6.85. The first-order valence-corrected chi connectivity index (χ1v) is 12.6. The van der Waals surface area contributed by atoms with Crippen LogP contribution in [0.4, 0.5) is 5.82 Å². The highest BCUT2D eigenvalue weighted by Gasteiger charge is 2.35. The van der Waals surface area contributed by atoms with Gasteiger partial charge in [-0.2, -0.15) is 0 Å². The van der Waals surface area contributed by atoms with Crippen LogP contribution in [0.2, 0.25) is 5.02 Å². The van der Waals surface area contributed by atoms with Gasteiger partial charge in [0.05, 0.1) is 26.9 Å². The molecule has 5 rings (SSSR count). The lowest BCUT2D eigenvalue weighted by Gasteiger charge is -2.40. The van der Waals surface area contributed by atoms with Crippen molar-refractivity contribution in [3.05, 3.63) is 54.3 Å². The normalized spacial score (nSPS) is 17.8. The second kappa shape index (κ2) is 8.00. The number of carbonyl (C=O) groups excluding carboxylic acids is 1. The van der Waals surface area contributed by atoms with E-state index < -0.39 is 9.84 Å². The smallest absolute Gasteiger partial charge is 0.246 e. The molecule has 0 saturated carbocycles. The van der Waals surface area contributed by atoms with Gasteiger partial charge in [0.2, 0.25) is 5.91 Å². The molecule has 0 radical (unpaired) electrons. The maximum atomic E-state index is 12.4. The van der Waals surface area contributed by atoms with Gasteiger partial charge in [-0.3, -0.25) is 4.79 Å². The summed E-state index contributed by atoms with van der Waals surface area (Å²) in [6.45, 7) is 5.44. The molecule has 0 spiro atoms. The average Bonchev–Trinajstić information content (AvgIpc) is 2.98. The topological polar surface area (TPSA) is 92.7 Å². The van der Waals surface area contributed by atoms with Gasteiger partial charge >= 0.3 is 0 Å². The number of rotatable bonds is 3. The number of hydrogen-bond donors (Lipinski definition) is 0. The molecule has 3 aromatic rings. The molecule has 10 heteroatoms. The van der Waals surface area contributed by atoms with E-state index in [0.29, 0.717) is 58.3 Å². The Balaban J connectivity index is 1.68. The van der Waals surface area contributed by atoms with E-state index >= 15 is 0 Å². The second-order valence-corrected chi connectivity index (χ2v) is 10.4. The van der Waals surface area contributed by atoms with Crippen LogP contribution in [0.3, 0.4) is 0 Å². The summed E-state index contributed by atoms with van der Waals surface area (Å²) < 4.78 is 31.0. The molecular weight excluding hydrogens is 464 g/mol. The van der Waals surface area contributed by atoms with Crippen LogP contribution in [-0.2, 0) is 14.6 Å². The summed E-state index contributed by atoms with van der Waals surface area (Å²) in [6.07, 6.45) is 3.96. The zero-order chi connectivity index (χ0) is 23.3. The van der Waals surface area contributed by atoms with Crippen LogP contribution in [0.15, 0.2) is 54.2 Å². The number of carbonyl (C=O) groups is 1. The molecule has 0 bridgehead atoms. The monoisotopic (exact) mass is 484 g/mol. The van der Waals surface area contributed by atoms with Crippen LogP contribution in [-0.4, -0.2) is 67.7 Å². The molecule has 1 amide bonds. The van der Waals surface area contributed by atoms with Crippen molar-refractivity contribution in [2.24, 2.45) is 0 Å². The van der Waals surface area contributed by atoms with Crippen LogP contribution in [0.1, 0.15) is 0 Å². The summed E-state index contributed by atoms with van der Waals surface area (Å²) in [5.41, 5.74) is 1.60. The number of hydrogen-bond acceptors (Lipinski definition) is 7. The lowest BCUT2D eigenvalue weighted by molar-refractivity contribution is -0.126. The van der Waals surface area contributed by atoms with Crippen molar-refractivity contribution < 1.29 is 17.9 Å². The van der Waals surface area contributed by atoms with Crippen molar-refractivity contribution in [2.45, 2.75) is 10.9 Å². The highest BCUT2D eigenvalue weighted by Crippen LogP contribution is 2.46. The minimum atomic E-state index is -3.49. The van der Waals surface area contributed by atoms with E-state index in [1.807, 2.05) is 0 Å². The summed E-state index contributed by atoms with van der Waals surface area (Å²) in [5, 5.41) is 0.975. The van der Waals surface area contributed by atoms with Gasteiger partial charge in [-0.05, 0) is 18.2 Å². The largest absolute Gasteiger partial charge is 0.489 e. The van der Waals surface area contributed by atoms with Gasteiger partial charge in [0.25, 0.3) is 0 Å². The highest BCUT2D eigenvalue weighted by molar-refractivity contribution is 7.90. The van der Waals surface area contributed by atoms with Gasteiger partial charge in [-0.1, -0.05) is 36.4 Å². The Morgan fingerprint density at radius 3 is 2.79 bits per heavy atom. The molecule has 2 aliphatic rings. The zero-order valence-electron chi connectivity index (χ0n) is 17.9. The summed E-state index contributed by atoms with van der Waals surface area (Å²) in [5.74, 6) is 0.981. The molecule has 1 saturated heterocycles. The van der Waals surface area contributed by atoms with Crippen LogP contribution in [0, 0.1) is 0 Å². The summed E-state index contributed by atoms with van der Waals surface area (Å²) in [7, 11) is -3.49. The second-order valence-electron chi connectivity index (χ2n) is 8.07. The first-order chi connectivity index (χ1) is 15.8. The van der Waals surface area contributed by atoms with E-state index in [0.717, 1.165) is 0 Å². The Bertz CT molecular complexity index is 1410. The molecule has 1 fully saturated rings. The Morgan fingerprint density at radius 1 is 1.24 bits per heavy atom. The molecule has 0 aliphatic carbocycles. The molecule has 0 unspecified atom stereocenters. The fraction of sp³-hybridized carbons (Fsp3) is 0.261. The van der Waals surface area contributed by atoms with E-state index in [2.05, 4.69) is 21.4 Å². The minimum absolute atomic E-state index is 0.123. The number of fused-ring (bicyclic) bond motifs is 2. The van der Waals surface area contributed by atoms with Gasteiger partial charge in [0, 0.05) is 37.0 Å². The van der Waals surface area contributed by atoms with Gasteiger partial charge < -0.3 is 14.5 Å². The Morgan fingerprint density at radius 2 is 2.03 bits per heavy atom. The molecule has 3 heterocycles. The third-order valence-electron chi connectivity index (χ3n) is 6.04. The number of sulfone groups is 1. The maximum absolute atomic E-state index is 12.4. The molecule has 33 heavy (non-hydrogen) atoms. The van der Waals surface area contributed by atoms with Crippen LogP contribution >= 0.6 is 11.6 Å². The number of amides is 1. The molecular formula is C23H21ClN4O4S. The predicted molar refractivity (Wildman–Crippen MR) is 126 cm³/mol. The maximum Gasteiger partial charge on any atom is 0.246 e.